The van der Waals surface area contributed by atoms with Crippen LogP contribution in [0.15, 0.2) is 22.7 Å². The van der Waals surface area contributed by atoms with E-state index in [9.17, 15) is 0 Å². The van der Waals surface area contributed by atoms with Gasteiger partial charge in [-0.2, -0.15) is 0 Å². The Hall–Kier alpha value is -0.580. The number of hydrogen-bond donors (Lipinski definition) is 1. The van der Waals surface area contributed by atoms with E-state index in [1.54, 1.807) is 0 Å². The molecule has 2 atom stereocenters. The van der Waals surface area contributed by atoms with Crippen molar-refractivity contribution < 1.29 is 4.74 Å². The Balaban J connectivity index is 2.23. The van der Waals surface area contributed by atoms with Crippen molar-refractivity contribution in [1.82, 2.24) is 5.32 Å². The molecular formula is C16H25BrN2O. The van der Waals surface area contributed by atoms with E-state index in [0.29, 0.717) is 12.1 Å². The fraction of sp³-hybridized carbons (Fsp3) is 0.625. The standard InChI is InChI=1S/C16H25BrN2O/c1-4-19(11-14-6-5-9-20-14)16-8-7-13(17)10-15(16)12(2)18-3/h7-8,10,12,14,18H,4-6,9,11H2,1-3H3. The smallest absolute Gasteiger partial charge is 0.0750 e. The van der Waals surface area contributed by atoms with Crippen LogP contribution in [0, 0.1) is 0 Å². The van der Waals surface area contributed by atoms with Crippen LogP contribution in [-0.4, -0.2) is 32.8 Å². The number of rotatable bonds is 6. The normalized spacial score (nSPS) is 20.1. The Bertz CT molecular complexity index is 432. The van der Waals surface area contributed by atoms with E-state index in [2.05, 4.69) is 58.2 Å². The van der Waals surface area contributed by atoms with Gasteiger partial charge in [0.2, 0.25) is 0 Å². The summed E-state index contributed by atoms with van der Waals surface area (Å²) < 4.78 is 6.92. The maximum absolute atomic E-state index is 5.79. The average Bonchev–Trinajstić information content (AvgIpc) is 2.97. The Morgan fingerprint density at radius 2 is 2.30 bits per heavy atom. The number of halogens is 1. The minimum Gasteiger partial charge on any atom is -0.376 e. The van der Waals surface area contributed by atoms with Crippen molar-refractivity contribution in [2.75, 3.05) is 31.6 Å². The number of likely N-dealkylation sites (N-methyl/N-ethyl adjacent to an activating group) is 1. The summed E-state index contributed by atoms with van der Waals surface area (Å²) >= 11 is 3.58. The summed E-state index contributed by atoms with van der Waals surface area (Å²) in [6, 6.07) is 6.89. The van der Waals surface area contributed by atoms with Crippen LogP contribution in [0.5, 0.6) is 0 Å². The minimum absolute atomic E-state index is 0.334. The molecule has 1 saturated heterocycles. The number of ether oxygens (including phenoxy) is 1. The molecule has 0 spiro atoms. The summed E-state index contributed by atoms with van der Waals surface area (Å²) in [7, 11) is 2.01. The quantitative estimate of drug-likeness (QED) is 0.853. The molecule has 1 heterocycles. The number of hydrogen-bond acceptors (Lipinski definition) is 3. The molecule has 1 aliphatic rings. The van der Waals surface area contributed by atoms with Crippen LogP contribution in [0.4, 0.5) is 5.69 Å². The van der Waals surface area contributed by atoms with Crippen LogP contribution < -0.4 is 10.2 Å². The first-order chi connectivity index (χ1) is 9.65. The second-order valence-electron chi connectivity index (χ2n) is 5.39. The summed E-state index contributed by atoms with van der Waals surface area (Å²) in [5.74, 6) is 0. The zero-order valence-corrected chi connectivity index (χ0v) is 14.2. The molecule has 0 aromatic heterocycles. The van der Waals surface area contributed by atoms with Crippen molar-refractivity contribution in [1.29, 1.82) is 0 Å². The van der Waals surface area contributed by atoms with Gasteiger partial charge in [-0.3, -0.25) is 0 Å². The fourth-order valence-electron chi connectivity index (χ4n) is 2.75. The van der Waals surface area contributed by atoms with Crippen molar-refractivity contribution in [2.24, 2.45) is 0 Å². The molecular weight excluding hydrogens is 316 g/mol. The van der Waals surface area contributed by atoms with E-state index in [1.807, 2.05) is 7.05 Å². The van der Waals surface area contributed by atoms with Crippen LogP contribution in [0.3, 0.4) is 0 Å². The zero-order chi connectivity index (χ0) is 14.5. The monoisotopic (exact) mass is 340 g/mol. The van der Waals surface area contributed by atoms with Gasteiger partial charge in [0, 0.05) is 35.9 Å². The zero-order valence-electron chi connectivity index (χ0n) is 12.7. The molecule has 112 valence electrons. The summed E-state index contributed by atoms with van der Waals surface area (Å²) in [4.78, 5) is 2.44. The van der Waals surface area contributed by atoms with Gasteiger partial charge in [-0.05, 0) is 57.5 Å². The van der Waals surface area contributed by atoms with Crippen LogP contribution in [-0.2, 0) is 4.74 Å². The molecule has 1 aromatic carbocycles. The summed E-state index contributed by atoms with van der Waals surface area (Å²) in [6.45, 7) is 7.32. The number of anilines is 1. The number of benzene rings is 1. The lowest BCUT2D eigenvalue weighted by atomic mass is 10.0. The third kappa shape index (κ3) is 3.74. The first-order valence-electron chi connectivity index (χ1n) is 7.49. The fourth-order valence-corrected chi connectivity index (χ4v) is 3.13. The average molecular weight is 341 g/mol. The van der Waals surface area contributed by atoms with Crippen LogP contribution in [0.25, 0.3) is 0 Å². The number of nitrogens with zero attached hydrogens (tertiary/aromatic N) is 1. The third-order valence-electron chi connectivity index (χ3n) is 4.06. The molecule has 3 nitrogen and oxygen atoms in total. The Morgan fingerprint density at radius 3 is 2.90 bits per heavy atom. The van der Waals surface area contributed by atoms with Gasteiger partial charge >= 0.3 is 0 Å². The van der Waals surface area contributed by atoms with Gasteiger partial charge in [-0.25, -0.2) is 0 Å². The highest BCUT2D eigenvalue weighted by Crippen LogP contribution is 2.30. The topological polar surface area (TPSA) is 24.5 Å². The third-order valence-corrected chi connectivity index (χ3v) is 4.55. The Morgan fingerprint density at radius 1 is 1.50 bits per heavy atom. The van der Waals surface area contributed by atoms with Crippen molar-refractivity contribution in [3.05, 3.63) is 28.2 Å². The molecule has 20 heavy (non-hydrogen) atoms. The highest BCUT2D eigenvalue weighted by Gasteiger charge is 2.21. The predicted octanol–water partition coefficient (Wildman–Crippen LogP) is 3.73. The molecule has 1 aliphatic heterocycles. The highest BCUT2D eigenvalue weighted by molar-refractivity contribution is 9.10. The lowest BCUT2D eigenvalue weighted by molar-refractivity contribution is 0.115. The molecule has 2 rings (SSSR count). The van der Waals surface area contributed by atoms with Gasteiger partial charge in [-0.1, -0.05) is 15.9 Å². The second kappa shape index (κ2) is 7.43. The van der Waals surface area contributed by atoms with Gasteiger partial charge in [0.05, 0.1) is 6.10 Å². The molecule has 0 radical (unpaired) electrons. The summed E-state index contributed by atoms with van der Waals surface area (Å²) in [6.07, 6.45) is 2.77. The minimum atomic E-state index is 0.334. The van der Waals surface area contributed by atoms with Crippen molar-refractivity contribution in [3.8, 4) is 0 Å². The van der Waals surface area contributed by atoms with E-state index >= 15 is 0 Å². The number of nitrogens with one attached hydrogen (secondary N) is 1. The highest BCUT2D eigenvalue weighted by atomic mass is 79.9. The molecule has 1 N–H and O–H groups in total. The molecule has 0 aliphatic carbocycles. The van der Waals surface area contributed by atoms with E-state index in [0.717, 1.165) is 24.2 Å². The molecule has 4 heteroatoms. The Labute approximate surface area is 130 Å². The van der Waals surface area contributed by atoms with E-state index < -0.39 is 0 Å². The molecule has 0 amide bonds. The molecule has 2 unspecified atom stereocenters. The first-order valence-corrected chi connectivity index (χ1v) is 8.28. The van der Waals surface area contributed by atoms with Crippen molar-refractivity contribution in [3.63, 3.8) is 0 Å². The lowest BCUT2D eigenvalue weighted by Gasteiger charge is -2.30. The SMILES string of the molecule is CCN(CC1CCCO1)c1ccc(Br)cc1C(C)NC. The predicted molar refractivity (Wildman–Crippen MR) is 88.5 cm³/mol. The summed E-state index contributed by atoms with van der Waals surface area (Å²) in [5.41, 5.74) is 2.65. The lowest BCUT2D eigenvalue weighted by Crippen LogP contribution is -2.33. The van der Waals surface area contributed by atoms with E-state index in [-0.39, 0.29) is 0 Å². The van der Waals surface area contributed by atoms with E-state index in [4.69, 9.17) is 4.74 Å². The van der Waals surface area contributed by atoms with Crippen LogP contribution in [0.2, 0.25) is 0 Å². The summed E-state index contributed by atoms with van der Waals surface area (Å²) in [5, 5.41) is 3.34. The second-order valence-corrected chi connectivity index (χ2v) is 6.30. The van der Waals surface area contributed by atoms with E-state index in [1.165, 1.54) is 24.1 Å². The van der Waals surface area contributed by atoms with Gasteiger partial charge in [0.25, 0.3) is 0 Å². The van der Waals surface area contributed by atoms with Gasteiger partial charge in [0.1, 0.15) is 0 Å². The largest absolute Gasteiger partial charge is 0.376 e. The molecule has 1 fully saturated rings. The van der Waals surface area contributed by atoms with Gasteiger partial charge < -0.3 is 15.0 Å². The van der Waals surface area contributed by atoms with Gasteiger partial charge in [-0.15, -0.1) is 0 Å². The molecule has 0 bridgehead atoms. The van der Waals surface area contributed by atoms with Crippen molar-refractivity contribution in [2.45, 2.75) is 38.8 Å². The first kappa shape index (κ1) is 15.8. The molecule has 0 saturated carbocycles. The van der Waals surface area contributed by atoms with Gasteiger partial charge in [0.15, 0.2) is 0 Å². The maximum Gasteiger partial charge on any atom is 0.0750 e. The van der Waals surface area contributed by atoms with Crippen LogP contribution in [0.1, 0.15) is 38.3 Å². The molecule has 1 aromatic rings. The maximum atomic E-state index is 5.79. The van der Waals surface area contributed by atoms with Crippen molar-refractivity contribution >= 4 is 21.6 Å². The Kier molecular flexibility index (Phi) is 5.87. The van der Waals surface area contributed by atoms with Crippen LogP contribution >= 0.6 is 15.9 Å².